The van der Waals surface area contributed by atoms with Gasteiger partial charge in [-0.3, -0.25) is 39.0 Å². The molecular formula is C42H49N15O21S2-2. The van der Waals surface area contributed by atoms with Gasteiger partial charge in [-0.25, -0.2) is 31.9 Å². The van der Waals surface area contributed by atoms with Crippen LogP contribution in [0.4, 0.5) is 5.69 Å². The number of unbranched alkanes of at least 4 members (excludes halogenated alkanes) is 1. The highest BCUT2D eigenvalue weighted by atomic mass is 32.2. The Balaban J connectivity index is 0.000000574. The van der Waals surface area contributed by atoms with E-state index in [9.17, 15) is 69.4 Å². The third-order valence-corrected chi connectivity index (χ3v) is 11.0. The first-order valence-corrected chi connectivity index (χ1v) is 25.0. The fraction of sp³-hybridized carbons (Fsp3) is 0.357. The standard InChI is InChI=1S/C20H14N2O9S2.C8H13N5O6.C6H12N4O2.C6H7NO4.C2H5N3/c21-13-7-5-11-15(9-3-1-2-4-10(9)20(23)24)12-6-8-14(22)19(33(28,29)30)17(12)31-16(11)18(13)32(25,26)27;9-13-11-1-2-19-12-7(15)5-18-4-6(14)10-3-8(16)17;7-5(6(11)12)3-1-2-4-9-10-8;1-4(8)11-7-5(9)2-3-6(7)10;1-2-4-5-3/h1-8,21H,22H2,(H,23,24)(H,25,26,27)(H,28,29,30);1-5H2,(H,10,14)(H,12,15)(H,16,17);5H,1-4,7H2,(H,11,12);2-3H2,1H3;2H2,1H3/p-2. The lowest BCUT2D eigenvalue weighted by molar-refractivity contribution is -0.195. The van der Waals surface area contributed by atoms with Crippen LogP contribution in [-0.4, -0.2) is 146 Å². The van der Waals surface area contributed by atoms with E-state index in [1.165, 1.54) is 36.4 Å². The van der Waals surface area contributed by atoms with Crippen LogP contribution >= 0.6 is 0 Å². The SMILES string of the molecule is CC(=O)ON1C(=O)CCC1=O.CCN=[N+]=[N-].N=c1ccc2c(-c3ccccc3C(=O)O)c3ccc(N)c(S(=O)(=O)[O-])c3oc-2c1S(=O)(=O)[O-].[N-]=[N+]=NCCCCC(N)C(=O)O.[N-]=[N+]=NCCONC(=O)COCC(=O)NCC(=O)O. The Morgan fingerprint density at radius 3 is 1.95 bits per heavy atom. The summed E-state index contributed by atoms with van der Waals surface area (Å²) < 4.78 is 81.9. The van der Waals surface area contributed by atoms with E-state index in [2.05, 4.69) is 44.5 Å². The Hall–Kier alpha value is -9.48. The van der Waals surface area contributed by atoms with Gasteiger partial charge in [-0.1, -0.05) is 46.9 Å². The highest BCUT2D eigenvalue weighted by Crippen LogP contribution is 2.45. The molecule has 2 aliphatic heterocycles. The first kappa shape index (κ1) is 68.5. The molecule has 10 N–H and O–H groups in total. The number of nitrogens with one attached hydrogen (secondary N) is 3. The van der Waals surface area contributed by atoms with Crippen molar-refractivity contribution in [3.63, 3.8) is 0 Å². The van der Waals surface area contributed by atoms with E-state index in [0.29, 0.717) is 37.4 Å². The number of carbonyl (C=O) groups excluding carboxylic acids is 5. The number of nitrogen functional groups attached to an aromatic ring is 1. The summed E-state index contributed by atoms with van der Waals surface area (Å²) in [7, 11) is -10.6. The van der Waals surface area contributed by atoms with Gasteiger partial charge in [0.2, 0.25) is 5.91 Å². The van der Waals surface area contributed by atoms with Crippen molar-refractivity contribution in [2.24, 2.45) is 21.1 Å². The van der Waals surface area contributed by atoms with Gasteiger partial charge in [0.05, 0.1) is 29.8 Å². The first-order chi connectivity index (χ1) is 37.6. The number of nitrogens with zero attached hydrogens (tertiary/aromatic N) is 10. The highest BCUT2D eigenvalue weighted by molar-refractivity contribution is 7.86. The van der Waals surface area contributed by atoms with Gasteiger partial charge in [0, 0.05) is 64.1 Å². The third kappa shape index (κ3) is 23.4. The number of carboxylic acids is 3. The van der Waals surface area contributed by atoms with E-state index in [-0.39, 0.29) is 53.6 Å². The van der Waals surface area contributed by atoms with Crippen molar-refractivity contribution in [2.75, 3.05) is 51.7 Å². The minimum Gasteiger partial charge on any atom is -0.744 e. The maximum absolute atomic E-state index is 12.0. The number of hydrogen-bond donors (Lipinski definition) is 8. The number of imide groups is 1. The molecule has 36 nitrogen and oxygen atoms in total. The third-order valence-electron chi connectivity index (χ3n) is 9.20. The molecule has 0 aromatic heterocycles. The highest BCUT2D eigenvalue weighted by Gasteiger charge is 2.32. The number of carbonyl (C=O) groups is 8. The minimum atomic E-state index is -5.32. The number of amides is 4. The molecule has 3 aliphatic rings. The molecule has 5 rings (SSSR count). The van der Waals surface area contributed by atoms with Gasteiger partial charge in [-0.2, -0.15) is 0 Å². The molecule has 432 valence electrons. The lowest BCUT2D eigenvalue weighted by Crippen LogP contribution is -2.34. The van der Waals surface area contributed by atoms with E-state index in [1.807, 2.05) is 10.8 Å². The van der Waals surface area contributed by atoms with Crippen LogP contribution in [0.2, 0.25) is 0 Å². The predicted molar refractivity (Wildman–Crippen MR) is 267 cm³/mol. The molecule has 1 saturated heterocycles. The van der Waals surface area contributed by atoms with E-state index in [1.54, 1.807) is 6.92 Å². The summed E-state index contributed by atoms with van der Waals surface area (Å²) in [5.74, 6) is -7.09. The van der Waals surface area contributed by atoms with Crippen LogP contribution in [0.3, 0.4) is 0 Å². The fourth-order valence-corrected chi connectivity index (χ4v) is 7.44. The molecular weight excluding hydrogens is 1110 g/mol. The van der Waals surface area contributed by atoms with Crippen molar-refractivity contribution in [3.8, 4) is 22.5 Å². The van der Waals surface area contributed by atoms with Crippen LogP contribution < -0.4 is 27.6 Å². The number of ether oxygens (including phenoxy) is 1. The molecule has 1 atom stereocenters. The van der Waals surface area contributed by atoms with Crippen molar-refractivity contribution >= 4 is 84.4 Å². The zero-order valence-corrected chi connectivity index (χ0v) is 43.4. The summed E-state index contributed by atoms with van der Waals surface area (Å²) >= 11 is 0. The van der Waals surface area contributed by atoms with Gasteiger partial charge in [0.15, 0.2) is 11.3 Å². The number of azide groups is 3. The Labute approximate surface area is 450 Å². The molecule has 0 spiro atoms. The molecule has 0 saturated carbocycles. The van der Waals surface area contributed by atoms with Crippen LogP contribution in [0.15, 0.2) is 78.1 Å². The lowest BCUT2D eigenvalue weighted by Gasteiger charge is -2.22. The Morgan fingerprint density at radius 2 is 1.43 bits per heavy atom. The van der Waals surface area contributed by atoms with Gasteiger partial charge in [0.25, 0.3) is 17.7 Å². The summed E-state index contributed by atoms with van der Waals surface area (Å²) in [5, 5.41) is 45.6. The smallest absolute Gasteiger partial charge is 0.336 e. The summed E-state index contributed by atoms with van der Waals surface area (Å²) in [6, 6.07) is 9.36. The van der Waals surface area contributed by atoms with Crippen LogP contribution in [0.5, 0.6) is 0 Å². The second-order valence-corrected chi connectivity index (χ2v) is 17.6. The number of aromatic carboxylic acids is 1. The largest absolute Gasteiger partial charge is 0.744 e. The molecule has 38 heteroatoms. The number of hydrogen-bond acceptors (Lipinski definition) is 24. The van der Waals surface area contributed by atoms with Gasteiger partial charge in [-0.05, 0) is 65.3 Å². The average molecular weight is 1160 g/mol. The number of benzene rings is 3. The van der Waals surface area contributed by atoms with E-state index in [0.717, 1.165) is 19.1 Å². The monoisotopic (exact) mass is 1160 g/mol. The van der Waals surface area contributed by atoms with E-state index >= 15 is 0 Å². The summed E-state index contributed by atoms with van der Waals surface area (Å²) in [6.07, 6.45) is 2.05. The number of fused-ring (bicyclic) bond motifs is 2. The maximum Gasteiger partial charge on any atom is 0.336 e. The second-order valence-electron chi connectivity index (χ2n) is 15.0. The van der Waals surface area contributed by atoms with Gasteiger partial charge in [-0.15, -0.1) is 5.06 Å². The van der Waals surface area contributed by atoms with Crippen molar-refractivity contribution in [3.05, 3.63) is 90.8 Å². The molecule has 0 radical (unpaired) electrons. The lowest BCUT2D eigenvalue weighted by atomic mass is 9.90. The van der Waals surface area contributed by atoms with Crippen molar-refractivity contribution < 1.29 is 98.4 Å². The number of nitrogens with two attached hydrogens (primary N) is 2. The van der Waals surface area contributed by atoms with Crippen LogP contribution in [0.1, 0.15) is 56.3 Å². The fourth-order valence-electron chi connectivity index (χ4n) is 5.99. The number of aliphatic carboxylic acids is 2. The molecule has 2 heterocycles. The van der Waals surface area contributed by atoms with Gasteiger partial charge in [0.1, 0.15) is 55.8 Å². The van der Waals surface area contributed by atoms with Crippen LogP contribution in [-0.2, 0) is 68.2 Å². The van der Waals surface area contributed by atoms with Gasteiger partial charge >= 0.3 is 23.9 Å². The zero-order chi connectivity index (χ0) is 60.8. The molecule has 80 heavy (non-hydrogen) atoms. The van der Waals surface area contributed by atoms with Crippen molar-refractivity contribution in [1.29, 1.82) is 5.41 Å². The number of hydroxylamine groups is 3. The Bertz CT molecular complexity index is 3310. The second kappa shape index (κ2) is 34.3. The molecule has 4 amide bonds. The summed E-state index contributed by atoms with van der Waals surface area (Å²) in [4.78, 5) is 100. The molecule has 1 aliphatic carbocycles. The molecule has 1 unspecified atom stereocenters. The van der Waals surface area contributed by atoms with Crippen molar-refractivity contribution in [1.82, 2.24) is 15.9 Å². The average Bonchev–Trinajstić information content (AvgIpc) is 3.80. The van der Waals surface area contributed by atoms with Gasteiger partial charge < -0.3 is 55.2 Å². The number of carboxylic acid groups (broad SMARTS) is 3. The maximum atomic E-state index is 12.0. The number of rotatable bonds is 22. The molecule has 0 bridgehead atoms. The summed E-state index contributed by atoms with van der Waals surface area (Å²) in [6.45, 7) is 2.57. The number of anilines is 1. The Morgan fingerprint density at radius 1 is 0.838 bits per heavy atom. The Kier molecular flexibility index (Phi) is 29.4. The zero-order valence-electron chi connectivity index (χ0n) is 41.8. The normalized spacial score (nSPS) is 11.8. The van der Waals surface area contributed by atoms with Crippen LogP contribution in [0, 0.1) is 5.41 Å². The van der Waals surface area contributed by atoms with Crippen molar-refractivity contribution in [2.45, 2.75) is 61.8 Å². The van der Waals surface area contributed by atoms with E-state index in [4.69, 9.17) is 48.1 Å². The van der Waals surface area contributed by atoms with E-state index < -0.39 is 126 Å². The molecule has 1 fully saturated rings. The topological polar surface area (TPSA) is 602 Å². The minimum absolute atomic E-state index is 0.00883. The predicted octanol–water partition coefficient (Wildman–Crippen LogP) is 2.14. The quantitative estimate of drug-likeness (QED) is 0.00643. The molecule has 2 aromatic rings. The first-order valence-electron chi connectivity index (χ1n) is 22.2. The van der Waals surface area contributed by atoms with Crippen LogP contribution in [0.25, 0.3) is 64.7 Å². The summed E-state index contributed by atoms with van der Waals surface area (Å²) in [5.41, 5.74) is 34.7. The molecule has 2 aromatic carbocycles.